The Morgan fingerprint density at radius 1 is 1.13 bits per heavy atom. The molecule has 3 aromatic rings. The number of sulfonamides is 1. The molecule has 0 bridgehead atoms. The zero-order valence-corrected chi connectivity index (χ0v) is 12.7. The first-order valence-electron chi connectivity index (χ1n) is 6.77. The zero-order chi connectivity index (χ0) is 16.4. The summed E-state index contributed by atoms with van der Waals surface area (Å²) in [6.07, 6.45) is 3.04. The lowest BCUT2D eigenvalue weighted by Crippen LogP contribution is -2.16. The summed E-state index contributed by atoms with van der Waals surface area (Å²) in [5.74, 6) is -0.748. The highest BCUT2D eigenvalue weighted by atomic mass is 32.2. The topological polar surface area (TPSA) is 79.3 Å². The van der Waals surface area contributed by atoms with Gasteiger partial charge in [-0.2, -0.15) is 0 Å². The minimum Gasteiger partial charge on any atom is -0.392 e. The summed E-state index contributed by atoms with van der Waals surface area (Å²) in [5, 5.41) is 10.4. The number of halogens is 1. The van der Waals surface area contributed by atoms with Gasteiger partial charge in [0.1, 0.15) is 5.82 Å². The van der Waals surface area contributed by atoms with Gasteiger partial charge in [0.15, 0.2) is 0 Å². The maximum atomic E-state index is 13.9. The second-order valence-electron chi connectivity index (χ2n) is 4.89. The van der Waals surface area contributed by atoms with Crippen LogP contribution in [0.4, 0.5) is 10.1 Å². The van der Waals surface area contributed by atoms with Gasteiger partial charge in [-0.15, -0.1) is 0 Å². The molecule has 0 saturated heterocycles. The molecule has 23 heavy (non-hydrogen) atoms. The number of hydrogen-bond acceptors (Lipinski definition) is 4. The Morgan fingerprint density at radius 3 is 2.70 bits per heavy atom. The third-order valence-electron chi connectivity index (χ3n) is 3.44. The van der Waals surface area contributed by atoms with E-state index in [2.05, 4.69) is 9.71 Å². The molecule has 7 heteroatoms. The molecule has 0 unspecified atom stereocenters. The first-order valence-corrected chi connectivity index (χ1v) is 8.25. The highest BCUT2D eigenvalue weighted by molar-refractivity contribution is 7.93. The smallest absolute Gasteiger partial charge is 0.262 e. The van der Waals surface area contributed by atoms with E-state index in [4.69, 9.17) is 0 Å². The zero-order valence-electron chi connectivity index (χ0n) is 11.9. The Kier molecular flexibility index (Phi) is 3.97. The van der Waals surface area contributed by atoms with E-state index in [-0.39, 0.29) is 16.1 Å². The number of rotatable bonds is 4. The standard InChI is InChI=1S/C16H13FN2O3S/c17-14-5-1-4-12(10-20)16(14)19-23(21,22)15-6-2-3-11-9-18-8-7-13(11)15/h1-9,19-20H,10H2. The quantitative estimate of drug-likeness (QED) is 0.770. The fourth-order valence-corrected chi connectivity index (χ4v) is 3.67. The maximum Gasteiger partial charge on any atom is 0.262 e. The first-order chi connectivity index (χ1) is 11.0. The Morgan fingerprint density at radius 2 is 1.91 bits per heavy atom. The van der Waals surface area contributed by atoms with E-state index in [1.165, 1.54) is 24.4 Å². The van der Waals surface area contributed by atoms with Gasteiger partial charge >= 0.3 is 0 Å². The predicted octanol–water partition coefficient (Wildman–Crippen LogP) is 2.67. The summed E-state index contributed by atoms with van der Waals surface area (Å²) >= 11 is 0. The van der Waals surface area contributed by atoms with Crippen molar-refractivity contribution in [3.8, 4) is 0 Å². The van der Waals surface area contributed by atoms with Crippen LogP contribution < -0.4 is 4.72 Å². The Labute approximate surface area is 132 Å². The van der Waals surface area contributed by atoms with E-state index in [1.54, 1.807) is 24.4 Å². The molecule has 1 aromatic heterocycles. The number of aliphatic hydroxyl groups excluding tert-OH is 1. The van der Waals surface area contributed by atoms with E-state index in [0.29, 0.717) is 10.8 Å². The average Bonchev–Trinajstić information content (AvgIpc) is 2.56. The van der Waals surface area contributed by atoms with E-state index in [0.717, 1.165) is 6.07 Å². The molecule has 0 spiro atoms. The van der Waals surface area contributed by atoms with Crippen molar-refractivity contribution in [1.82, 2.24) is 4.98 Å². The minimum absolute atomic E-state index is 0.0181. The molecule has 118 valence electrons. The van der Waals surface area contributed by atoms with Crippen molar-refractivity contribution in [2.45, 2.75) is 11.5 Å². The van der Waals surface area contributed by atoms with E-state index < -0.39 is 22.4 Å². The molecule has 0 amide bonds. The van der Waals surface area contributed by atoms with Crippen molar-refractivity contribution < 1.29 is 17.9 Å². The van der Waals surface area contributed by atoms with Crippen LogP contribution >= 0.6 is 0 Å². The molecular weight excluding hydrogens is 319 g/mol. The SMILES string of the molecule is O=S(=O)(Nc1c(F)cccc1CO)c1cccc2cnccc12. The molecule has 2 N–H and O–H groups in total. The second-order valence-corrected chi connectivity index (χ2v) is 6.54. The molecule has 2 aromatic carbocycles. The van der Waals surface area contributed by atoms with Crippen molar-refractivity contribution in [3.63, 3.8) is 0 Å². The van der Waals surface area contributed by atoms with Gasteiger partial charge < -0.3 is 5.11 Å². The molecule has 5 nitrogen and oxygen atoms in total. The highest BCUT2D eigenvalue weighted by Gasteiger charge is 2.20. The maximum absolute atomic E-state index is 13.9. The summed E-state index contributed by atoms with van der Waals surface area (Å²) in [7, 11) is -4.02. The number of aliphatic hydroxyl groups is 1. The average molecular weight is 332 g/mol. The molecule has 0 fully saturated rings. The number of anilines is 1. The molecule has 0 atom stereocenters. The lowest BCUT2D eigenvalue weighted by Gasteiger charge is -2.13. The molecule has 0 aliphatic rings. The van der Waals surface area contributed by atoms with Gasteiger partial charge in [-0.1, -0.05) is 24.3 Å². The number of fused-ring (bicyclic) bond motifs is 1. The minimum atomic E-state index is -4.02. The Bertz CT molecular complexity index is 969. The molecule has 0 aliphatic heterocycles. The van der Waals surface area contributed by atoms with Crippen LogP contribution in [0, 0.1) is 5.82 Å². The predicted molar refractivity (Wildman–Crippen MR) is 84.9 cm³/mol. The van der Waals surface area contributed by atoms with Gasteiger partial charge in [0.05, 0.1) is 17.2 Å². The summed E-state index contributed by atoms with van der Waals surface area (Å²) < 4.78 is 41.5. The fraction of sp³-hybridized carbons (Fsp3) is 0.0625. The number of nitrogens with one attached hydrogen (secondary N) is 1. The normalized spacial score (nSPS) is 11.6. The van der Waals surface area contributed by atoms with Crippen LogP contribution in [0.1, 0.15) is 5.56 Å². The summed E-state index contributed by atoms with van der Waals surface area (Å²) in [6, 6.07) is 10.3. The van der Waals surface area contributed by atoms with Crippen LogP contribution in [-0.4, -0.2) is 18.5 Å². The van der Waals surface area contributed by atoms with Crippen molar-refractivity contribution in [1.29, 1.82) is 0 Å². The van der Waals surface area contributed by atoms with Crippen molar-refractivity contribution >= 4 is 26.5 Å². The number of pyridine rings is 1. The van der Waals surface area contributed by atoms with Crippen LogP contribution in [0.5, 0.6) is 0 Å². The third-order valence-corrected chi connectivity index (χ3v) is 4.84. The van der Waals surface area contributed by atoms with Crippen molar-refractivity contribution in [2.75, 3.05) is 4.72 Å². The van der Waals surface area contributed by atoms with Crippen LogP contribution in [0.2, 0.25) is 0 Å². The Balaban J connectivity index is 2.13. The summed E-state index contributed by atoms with van der Waals surface area (Å²) in [6.45, 7) is -0.477. The van der Waals surface area contributed by atoms with Crippen LogP contribution in [0.15, 0.2) is 59.8 Å². The van der Waals surface area contributed by atoms with E-state index in [1.807, 2.05) is 0 Å². The van der Waals surface area contributed by atoms with Gasteiger partial charge in [0.25, 0.3) is 10.0 Å². The largest absolute Gasteiger partial charge is 0.392 e. The first kappa shape index (κ1) is 15.4. The van der Waals surface area contributed by atoms with Crippen molar-refractivity contribution in [2.24, 2.45) is 0 Å². The summed E-state index contributed by atoms with van der Waals surface area (Å²) in [5.41, 5.74) is -0.0865. The van der Waals surface area contributed by atoms with Gasteiger partial charge in [0.2, 0.25) is 0 Å². The third kappa shape index (κ3) is 2.88. The molecule has 0 saturated carbocycles. The van der Waals surface area contributed by atoms with Crippen LogP contribution in [-0.2, 0) is 16.6 Å². The van der Waals surface area contributed by atoms with E-state index >= 15 is 0 Å². The lowest BCUT2D eigenvalue weighted by atomic mass is 10.2. The molecular formula is C16H13FN2O3S. The monoisotopic (exact) mass is 332 g/mol. The van der Waals surface area contributed by atoms with Crippen molar-refractivity contribution in [3.05, 3.63) is 66.2 Å². The van der Waals surface area contributed by atoms with Gasteiger partial charge in [0, 0.05) is 28.7 Å². The van der Waals surface area contributed by atoms with Crippen LogP contribution in [0.25, 0.3) is 10.8 Å². The number of para-hydroxylation sites is 1. The second kappa shape index (κ2) is 5.94. The Hall–Kier alpha value is -2.51. The van der Waals surface area contributed by atoms with Gasteiger partial charge in [-0.3, -0.25) is 9.71 Å². The number of aromatic nitrogens is 1. The molecule has 3 rings (SSSR count). The van der Waals surface area contributed by atoms with Gasteiger partial charge in [-0.05, 0) is 18.2 Å². The molecule has 1 heterocycles. The molecule has 0 aliphatic carbocycles. The molecule has 0 radical (unpaired) electrons. The number of hydrogen-bond donors (Lipinski definition) is 2. The summed E-state index contributed by atoms with van der Waals surface area (Å²) in [4.78, 5) is 3.97. The van der Waals surface area contributed by atoms with Crippen LogP contribution in [0.3, 0.4) is 0 Å². The number of nitrogens with zero attached hydrogens (tertiary/aromatic N) is 1. The number of benzene rings is 2. The fourth-order valence-electron chi connectivity index (χ4n) is 2.33. The van der Waals surface area contributed by atoms with Gasteiger partial charge in [-0.25, -0.2) is 12.8 Å². The lowest BCUT2D eigenvalue weighted by molar-refractivity contribution is 0.282. The van der Waals surface area contributed by atoms with E-state index in [9.17, 15) is 17.9 Å². The highest BCUT2D eigenvalue weighted by Crippen LogP contribution is 2.27.